The Kier molecular flexibility index (Phi) is 623. The maximum atomic E-state index is 8.67. The van der Waals surface area contributed by atoms with Gasteiger partial charge in [0.2, 0.25) is 0 Å². The van der Waals surface area contributed by atoms with Crippen LogP contribution in [-0.2, 0) is 22.7 Å². The van der Waals surface area contributed by atoms with Crippen LogP contribution in [0, 0.1) is 0 Å². The molecule has 0 spiro atoms. The minimum absolute atomic E-state index is 0. The predicted octanol–water partition coefficient (Wildman–Crippen LogP) is -7.55. The Labute approximate surface area is 151 Å². The number of hydrogen-bond acceptors (Lipinski definition) is 3. The zero-order chi connectivity index (χ0) is 7.15. The monoisotopic (exact) mass is 355 g/mol. The van der Waals surface area contributed by atoms with Crippen LogP contribution in [0.15, 0.2) is 0 Å². The van der Waals surface area contributed by atoms with Crippen LogP contribution in [0.4, 0.5) is 0 Å². The molecule has 0 aromatic carbocycles. The molecule has 0 unspecified atom stereocenters. The molecule has 0 fully saturated rings. The molecule has 14 nitrogen and oxygen atoms in total. The van der Waals surface area contributed by atoms with E-state index in [0.29, 0.717) is 0 Å². The van der Waals surface area contributed by atoms with Crippen LogP contribution in [-0.4, -0.2) is 124 Å². The van der Waals surface area contributed by atoms with Gasteiger partial charge in [0.25, 0.3) is 22.7 Å². The van der Waals surface area contributed by atoms with E-state index < -0.39 is 22.7 Å². The fourth-order valence-electron chi connectivity index (χ4n) is 0. The maximum absolute atomic E-state index is 8.67. The van der Waals surface area contributed by atoms with Crippen LogP contribution in [0.3, 0.4) is 0 Å². The molecule has 18 heavy (non-hydrogen) atoms. The van der Waals surface area contributed by atoms with Gasteiger partial charge in [-0.05, 0) is 0 Å². The minimum atomic E-state index is -2.61. The van der Waals surface area contributed by atoms with Gasteiger partial charge in [0.15, 0.2) is 0 Å². The Bertz CT molecular complexity index is 81.0. The van der Waals surface area contributed by atoms with Gasteiger partial charge >= 0.3 is 59.1 Å². The summed E-state index contributed by atoms with van der Waals surface area (Å²) in [5, 5.41) is 0. The molecule has 0 saturated carbocycles. The van der Waals surface area contributed by atoms with Gasteiger partial charge in [-0.2, -0.15) is 8.42 Å². The Morgan fingerprint density at radius 2 is 0.500 bits per heavy atom. The first kappa shape index (κ1) is 115. The summed E-state index contributed by atoms with van der Waals surface area (Å²) in [6, 6.07) is 0. The zero-order valence-electron chi connectivity index (χ0n) is 7.63. The topological polar surface area (TPSA) is 371 Å². The van der Waals surface area contributed by atoms with Crippen molar-refractivity contribution < 1.29 is 65.0 Å². The zero-order valence-corrected chi connectivity index (χ0v) is 9.26. The molecule has 0 amide bonds. The molecule has 0 aliphatic heterocycles. The third-order valence-corrected chi connectivity index (χ3v) is 0. The molecule has 0 heterocycles. The summed E-state index contributed by atoms with van der Waals surface area (Å²) in [4.78, 5) is 0. The summed E-state index contributed by atoms with van der Waals surface area (Å²) >= 11 is -5.22. The van der Waals surface area contributed by atoms with Crippen LogP contribution in [0.1, 0.15) is 0 Å². The van der Waals surface area contributed by atoms with E-state index in [1.807, 2.05) is 0 Å². The number of rotatable bonds is 0. The van der Waals surface area contributed by atoms with Gasteiger partial charge in [0.05, 0.1) is 0 Å². The first-order valence-electron chi connectivity index (χ1n) is 1.06. The summed E-state index contributed by atoms with van der Waals surface area (Å²) in [7, 11) is 0. The predicted molar refractivity (Wildman–Crippen MR) is 71.4 cm³/mol. The standard InChI is InChI=1S/H3N.2Na.2H2O3S.7H2O.2H/c;;;2*1-4(2)3;;;;;;;;;/h1H3;;;2*(H2,1,2,3);7*1H2;;. The van der Waals surface area contributed by atoms with Gasteiger partial charge in [0, 0.05) is 0 Å². The van der Waals surface area contributed by atoms with Crippen molar-refractivity contribution in [2.45, 2.75) is 0 Å². The summed E-state index contributed by atoms with van der Waals surface area (Å²) in [5.74, 6) is 0. The van der Waals surface area contributed by atoms with Gasteiger partial charge in [-0.15, -0.1) is 0 Å². The van der Waals surface area contributed by atoms with Gasteiger partial charge in [-0.25, -0.2) is 0 Å². The molecule has 0 aliphatic rings. The van der Waals surface area contributed by atoms with Crippen LogP contribution in [0.5, 0.6) is 0 Å². The van der Waals surface area contributed by atoms with Crippen molar-refractivity contribution in [2.75, 3.05) is 0 Å². The van der Waals surface area contributed by atoms with Crippen molar-refractivity contribution in [3.05, 3.63) is 0 Å². The third kappa shape index (κ3) is 1520. The third-order valence-electron chi connectivity index (χ3n) is 0. The fourth-order valence-corrected chi connectivity index (χ4v) is 0. The summed E-state index contributed by atoms with van der Waals surface area (Å²) in [6.07, 6.45) is 0. The summed E-state index contributed by atoms with van der Waals surface area (Å²) < 4.78 is 45.7. The van der Waals surface area contributed by atoms with Crippen molar-refractivity contribution >= 4 is 81.8 Å². The second-order valence-electron chi connectivity index (χ2n) is 0.461. The SMILES string of the molecule is N.O.O.O.O.O.O.O.O=S(O)O.O=S(O)O.[NaH].[NaH]. The average Bonchev–Trinajstić information content (AvgIpc) is 1.25. The Morgan fingerprint density at radius 3 is 0.500 bits per heavy atom. The van der Waals surface area contributed by atoms with E-state index in [4.69, 9.17) is 26.6 Å². The molecular formula is H23NNa2O13S2. The molecule has 0 aromatic heterocycles. The van der Waals surface area contributed by atoms with E-state index in [1.165, 1.54) is 0 Å². The van der Waals surface area contributed by atoms with Gasteiger partial charge in [-0.1, -0.05) is 0 Å². The normalized spacial score (nSPS) is 3.89. The van der Waals surface area contributed by atoms with E-state index in [2.05, 4.69) is 0 Å². The van der Waals surface area contributed by atoms with E-state index in [-0.39, 0.29) is 104 Å². The second-order valence-corrected chi connectivity index (χ2v) is 1.38. The van der Waals surface area contributed by atoms with E-state index in [0.717, 1.165) is 0 Å². The van der Waals surface area contributed by atoms with E-state index >= 15 is 0 Å². The molecule has 21 N–H and O–H groups in total. The van der Waals surface area contributed by atoms with Crippen LogP contribution < -0.4 is 6.15 Å². The fraction of sp³-hybridized carbons (Fsp3) is 0. The van der Waals surface area contributed by atoms with Crippen molar-refractivity contribution in [1.29, 1.82) is 0 Å². The van der Waals surface area contributed by atoms with Gasteiger partial charge < -0.3 is 44.5 Å². The first-order chi connectivity index (χ1) is 3.46. The summed E-state index contributed by atoms with van der Waals surface area (Å²) in [6.45, 7) is 0. The first-order valence-corrected chi connectivity index (χ1v) is 3.19. The van der Waals surface area contributed by atoms with Gasteiger partial charge in [0.1, 0.15) is 0 Å². The van der Waals surface area contributed by atoms with E-state index in [9.17, 15) is 0 Å². The molecule has 0 aliphatic carbocycles. The molecular weight excluding hydrogens is 332 g/mol. The number of hydrogen-bond donors (Lipinski definition) is 5. The molecule has 0 saturated heterocycles. The quantitative estimate of drug-likeness (QED) is 0.206. The Balaban J connectivity index is -0.00000000257. The second kappa shape index (κ2) is 97.7. The molecule has 120 valence electrons. The molecule has 0 radical (unpaired) electrons. The van der Waals surface area contributed by atoms with Crippen molar-refractivity contribution in [3.63, 3.8) is 0 Å². The molecule has 0 atom stereocenters. The van der Waals surface area contributed by atoms with Crippen molar-refractivity contribution in [1.82, 2.24) is 6.15 Å². The van der Waals surface area contributed by atoms with Crippen LogP contribution in [0.2, 0.25) is 0 Å². The van der Waals surface area contributed by atoms with Crippen LogP contribution in [0.25, 0.3) is 0 Å². The molecule has 0 aromatic rings. The average molecular weight is 355 g/mol. The summed E-state index contributed by atoms with van der Waals surface area (Å²) in [5.41, 5.74) is 0. The van der Waals surface area contributed by atoms with Crippen LogP contribution >= 0.6 is 0 Å². The Morgan fingerprint density at radius 1 is 0.500 bits per heavy atom. The van der Waals surface area contributed by atoms with Crippen molar-refractivity contribution in [2.24, 2.45) is 0 Å². The molecule has 0 rings (SSSR count). The molecule has 18 heteroatoms. The van der Waals surface area contributed by atoms with E-state index in [1.54, 1.807) is 0 Å². The van der Waals surface area contributed by atoms with Gasteiger partial charge in [-0.3, -0.25) is 18.2 Å². The molecule has 0 bridgehead atoms. The Hall–Kier alpha value is 1.82. The van der Waals surface area contributed by atoms with Crippen molar-refractivity contribution in [3.8, 4) is 0 Å².